The molecule has 128 valence electrons. The van der Waals surface area contributed by atoms with Gasteiger partial charge in [-0.05, 0) is 43.7 Å². The third-order valence-electron chi connectivity index (χ3n) is 4.00. The molecule has 0 aromatic heterocycles. The maximum Gasteiger partial charge on any atom is 0.283 e. The number of imide groups is 1. The van der Waals surface area contributed by atoms with E-state index in [1.807, 2.05) is 38.1 Å². The van der Waals surface area contributed by atoms with Crippen LogP contribution in [0.4, 0.5) is 11.4 Å². The fourth-order valence-corrected chi connectivity index (χ4v) is 3.33. The van der Waals surface area contributed by atoms with Gasteiger partial charge in [0.25, 0.3) is 11.8 Å². The van der Waals surface area contributed by atoms with Gasteiger partial charge in [0.1, 0.15) is 10.7 Å². The summed E-state index contributed by atoms with van der Waals surface area (Å²) in [6.45, 7) is 4.35. The van der Waals surface area contributed by atoms with Crippen LogP contribution in [-0.2, 0) is 9.59 Å². The quantitative estimate of drug-likeness (QED) is 0.739. The Bertz CT molecular complexity index is 892. The van der Waals surface area contributed by atoms with E-state index in [1.54, 1.807) is 29.2 Å². The Labute approximate surface area is 156 Å². The van der Waals surface area contributed by atoms with Crippen LogP contribution >= 0.6 is 23.2 Å². The topological polar surface area (TPSA) is 40.6 Å². The number of hydrogen-bond acceptors (Lipinski definition) is 3. The summed E-state index contributed by atoms with van der Waals surface area (Å²) >= 11 is 12.4. The SMILES string of the molecule is CCN(C1=C(Cl)C(=O)N(c2ccccc2Cl)C1=O)c1cccc(C)c1. The molecule has 3 rings (SSSR count). The number of nitrogens with zero attached hydrogens (tertiary/aromatic N) is 2. The lowest BCUT2D eigenvalue weighted by molar-refractivity contribution is -0.120. The number of hydrogen-bond donors (Lipinski definition) is 0. The predicted octanol–water partition coefficient (Wildman–Crippen LogP) is 4.50. The molecule has 0 atom stereocenters. The number of para-hydroxylation sites is 1. The Morgan fingerprint density at radius 2 is 1.72 bits per heavy atom. The zero-order valence-corrected chi connectivity index (χ0v) is 15.3. The molecule has 2 amide bonds. The van der Waals surface area contributed by atoms with Crippen molar-refractivity contribution in [2.24, 2.45) is 0 Å². The fraction of sp³-hybridized carbons (Fsp3) is 0.158. The molecule has 0 saturated heterocycles. The zero-order chi connectivity index (χ0) is 18.1. The highest BCUT2D eigenvalue weighted by molar-refractivity contribution is 6.53. The van der Waals surface area contributed by atoms with Crippen LogP contribution in [0.1, 0.15) is 12.5 Å². The largest absolute Gasteiger partial charge is 0.336 e. The molecule has 0 bridgehead atoms. The molecule has 2 aromatic carbocycles. The number of halogens is 2. The lowest BCUT2D eigenvalue weighted by atomic mass is 10.2. The maximum atomic E-state index is 13.0. The Morgan fingerprint density at radius 3 is 2.36 bits per heavy atom. The van der Waals surface area contributed by atoms with Crippen molar-refractivity contribution in [1.29, 1.82) is 0 Å². The molecule has 4 nitrogen and oxygen atoms in total. The van der Waals surface area contributed by atoms with E-state index in [2.05, 4.69) is 0 Å². The van der Waals surface area contributed by atoms with Gasteiger partial charge in [-0.2, -0.15) is 0 Å². The summed E-state index contributed by atoms with van der Waals surface area (Å²) < 4.78 is 0. The van der Waals surface area contributed by atoms with E-state index in [9.17, 15) is 9.59 Å². The summed E-state index contributed by atoms with van der Waals surface area (Å²) in [6, 6.07) is 14.4. The molecule has 0 N–H and O–H groups in total. The van der Waals surface area contributed by atoms with Gasteiger partial charge in [0, 0.05) is 12.2 Å². The summed E-state index contributed by atoms with van der Waals surface area (Å²) in [7, 11) is 0. The van der Waals surface area contributed by atoms with Crippen molar-refractivity contribution in [2.45, 2.75) is 13.8 Å². The lowest BCUT2D eigenvalue weighted by Crippen LogP contribution is -2.35. The number of rotatable bonds is 4. The third kappa shape index (κ3) is 3.03. The highest BCUT2D eigenvalue weighted by Crippen LogP contribution is 2.36. The van der Waals surface area contributed by atoms with Gasteiger partial charge in [-0.1, -0.05) is 47.5 Å². The monoisotopic (exact) mass is 374 g/mol. The predicted molar refractivity (Wildman–Crippen MR) is 101 cm³/mol. The maximum absolute atomic E-state index is 13.0. The molecule has 0 fully saturated rings. The number of carbonyl (C=O) groups is 2. The van der Waals surface area contributed by atoms with Crippen LogP contribution in [0.15, 0.2) is 59.3 Å². The Hall–Kier alpha value is -2.30. The average molecular weight is 375 g/mol. The smallest absolute Gasteiger partial charge is 0.283 e. The van der Waals surface area contributed by atoms with Gasteiger partial charge in [0.05, 0.1) is 10.7 Å². The highest BCUT2D eigenvalue weighted by Gasteiger charge is 2.42. The van der Waals surface area contributed by atoms with Gasteiger partial charge in [-0.15, -0.1) is 0 Å². The summed E-state index contributed by atoms with van der Waals surface area (Å²) in [4.78, 5) is 28.4. The van der Waals surface area contributed by atoms with Crippen molar-refractivity contribution in [3.8, 4) is 0 Å². The minimum atomic E-state index is -0.569. The summed E-state index contributed by atoms with van der Waals surface area (Å²) in [6.07, 6.45) is 0. The van der Waals surface area contributed by atoms with Crippen LogP contribution < -0.4 is 9.80 Å². The van der Waals surface area contributed by atoms with Crippen LogP contribution in [0.5, 0.6) is 0 Å². The lowest BCUT2D eigenvalue weighted by Gasteiger charge is -2.25. The normalized spacial score (nSPS) is 14.5. The molecular weight excluding hydrogens is 359 g/mol. The van der Waals surface area contributed by atoms with E-state index in [-0.39, 0.29) is 10.7 Å². The number of anilines is 2. The van der Waals surface area contributed by atoms with Crippen molar-refractivity contribution in [3.05, 3.63) is 69.8 Å². The van der Waals surface area contributed by atoms with Crippen molar-refractivity contribution in [3.63, 3.8) is 0 Å². The second kappa shape index (κ2) is 6.90. The summed E-state index contributed by atoms with van der Waals surface area (Å²) in [5.41, 5.74) is 2.34. The van der Waals surface area contributed by atoms with Crippen LogP contribution in [-0.4, -0.2) is 18.4 Å². The van der Waals surface area contributed by atoms with E-state index in [1.165, 1.54) is 0 Å². The third-order valence-corrected chi connectivity index (χ3v) is 4.66. The molecule has 1 heterocycles. The highest BCUT2D eigenvalue weighted by atomic mass is 35.5. The summed E-state index contributed by atoms with van der Waals surface area (Å²) in [5.74, 6) is -1.05. The molecule has 1 aliphatic rings. The zero-order valence-electron chi connectivity index (χ0n) is 13.8. The molecule has 2 aromatic rings. The Kier molecular flexibility index (Phi) is 4.84. The van der Waals surface area contributed by atoms with Crippen LogP contribution in [0, 0.1) is 6.92 Å². The minimum Gasteiger partial charge on any atom is -0.336 e. The van der Waals surface area contributed by atoms with Gasteiger partial charge in [0.2, 0.25) is 0 Å². The molecule has 0 aliphatic carbocycles. The second-order valence-electron chi connectivity index (χ2n) is 5.64. The Morgan fingerprint density at radius 1 is 1.00 bits per heavy atom. The first kappa shape index (κ1) is 17.5. The van der Waals surface area contributed by atoms with Crippen molar-refractivity contribution >= 4 is 46.4 Å². The first-order valence-electron chi connectivity index (χ1n) is 7.83. The number of benzene rings is 2. The number of amides is 2. The molecule has 1 aliphatic heterocycles. The van der Waals surface area contributed by atoms with Crippen molar-refractivity contribution < 1.29 is 9.59 Å². The first-order chi connectivity index (χ1) is 12.0. The molecule has 0 unspecified atom stereocenters. The number of carbonyl (C=O) groups excluding carboxylic acids is 2. The van der Waals surface area contributed by atoms with Gasteiger partial charge < -0.3 is 4.90 Å². The Balaban J connectivity index is 2.06. The minimum absolute atomic E-state index is 0.103. The standard InChI is InChI=1S/C19H16Cl2N2O2/c1-3-22(13-8-6-7-12(2)11-13)17-16(21)18(24)23(19(17)25)15-10-5-4-9-14(15)20/h4-11H,3H2,1-2H3. The molecule has 25 heavy (non-hydrogen) atoms. The molecule has 0 spiro atoms. The van der Waals surface area contributed by atoms with Gasteiger partial charge in [-0.3, -0.25) is 9.59 Å². The van der Waals surface area contributed by atoms with E-state index in [0.717, 1.165) is 16.2 Å². The number of likely N-dealkylation sites (N-methyl/N-ethyl adjacent to an activating group) is 1. The average Bonchev–Trinajstić information content (AvgIpc) is 2.80. The van der Waals surface area contributed by atoms with Gasteiger partial charge >= 0.3 is 0 Å². The molecule has 0 radical (unpaired) electrons. The van der Waals surface area contributed by atoms with E-state index >= 15 is 0 Å². The van der Waals surface area contributed by atoms with E-state index < -0.39 is 11.8 Å². The first-order valence-corrected chi connectivity index (χ1v) is 8.58. The van der Waals surface area contributed by atoms with Crippen molar-refractivity contribution in [1.82, 2.24) is 0 Å². The van der Waals surface area contributed by atoms with E-state index in [4.69, 9.17) is 23.2 Å². The van der Waals surface area contributed by atoms with Gasteiger partial charge in [0.15, 0.2) is 0 Å². The second-order valence-corrected chi connectivity index (χ2v) is 6.43. The molecule has 6 heteroatoms. The molecule has 0 saturated carbocycles. The van der Waals surface area contributed by atoms with E-state index in [0.29, 0.717) is 17.3 Å². The fourth-order valence-electron chi connectivity index (χ4n) is 2.84. The molecular formula is C19H16Cl2N2O2. The number of aryl methyl sites for hydroxylation is 1. The van der Waals surface area contributed by atoms with Crippen LogP contribution in [0.3, 0.4) is 0 Å². The van der Waals surface area contributed by atoms with Crippen LogP contribution in [0.2, 0.25) is 5.02 Å². The van der Waals surface area contributed by atoms with Crippen LogP contribution in [0.25, 0.3) is 0 Å². The summed E-state index contributed by atoms with van der Waals surface area (Å²) in [5, 5.41) is 0.210. The van der Waals surface area contributed by atoms with Crippen molar-refractivity contribution in [2.75, 3.05) is 16.3 Å². The van der Waals surface area contributed by atoms with Gasteiger partial charge in [-0.25, -0.2) is 4.90 Å².